The van der Waals surface area contributed by atoms with Crippen molar-refractivity contribution in [3.63, 3.8) is 0 Å². The highest BCUT2D eigenvalue weighted by Crippen LogP contribution is 2.39. The average Bonchev–Trinajstić information content (AvgIpc) is 3.07. The summed E-state index contributed by atoms with van der Waals surface area (Å²) in [5, 5.41) is 0.547. The SMILES string of the molecule is COC(C1CC1)C(N)c1cc(Cl)cnc1N. The standard InChI is InChI=1S/C11H16ClN3O/c1-16-10(6-2-3-6)9(13)8-4-7(12)5-15-11(8)14/h4-6,9-10H,2-3,13H2,1H3,(H2,14,15). The summed E-state index contributed by atoms with van der Waals surface area (Å²) in [5.41, 5.74) is 12.7. The molecule has 0 aromatic carbocycles. The Kier molecular flexibility index (Phi) is 3.33. The van der Waals surface area contributed by atoms with E-state index in [1.54, 1.807) is 13.2 Å². The van der Waals surface area contributed by atoms with Crippen molar-refractivity contribution in [2.24, 2.45) is 11.7 Å². The molecule has 16 heavy (non-hydrogen) atoms. The molecule has 0 saturated heterocycles. The second-order valence-corrected chi connectivity index (χ2v) is 4.63. The van der Waals surface area contributed by atoms with E-state index in [2.05, 4.69) is 4.98 Å². The van der Waals surface area contributed by atoms with E-state index in [-0.39, 0.29) is 12.1 Å². The van der Waals surface area contributed by atoms with Crippen molar-refractivity contribution in [3.8, 4) is 0 Å². The van der Waals surface area contributed by atoms with Gasteiger partial charge in [-0.25, -0.2) is 4.98 Å². The van der Waals surface area contributed by atoms with Gasteiger partial charge in [0.05, 0.1) is 17.2 Å². The molecule has 1 saturated carbocycles. The monoisotopic (exact) mass is 241 g/mol. The summed E-state index contributed by atoms with van der Waals surface area (Å²) in [6.07, 6.45) is 3.86. The Morgan fingerprint density at radius 1 is 1.56 bits per heavy atom. The van der Waals surface area contributed by atoms with Gasteiger partial charge in [-0.15, -0.1) is 0 Å². The molecule has 0 radical (unpaired) electrons. The number of anilines is 1. The fraction of sp³-hybridized carbons (Fsp3) is 0.545. The average molecular weight is 242 g/mol. The minimum Gasteiger partial charge on any atom is -0.383 e. The Balaban J connectivity index is 2.24. The van der Waals surface area contributed by atoms with Crippen LogP contribution in [-0.4, -0.2) is 18.2 Å². The van der Waals surface area contributed by atoms with E-state index in [4.69, 9.17) is 27.8 Å². The van der Waals surface area contributed by atoms with Crippen molar-refractivity contribution >= 4 is 17.4 Å². The fourth-order valence-corrected chi connectivity index (χ4v) is 2.13. The van der Waals surface area contributed by atoms with Crippen LogP contribution < -0.4 is 11.5 Å². The van der Waals surface area contributed by atoms with E-state index >= 15 is 0 Å². The van der Waals surface area contributed by atoms with Crippen molar-refractivity contribution < 1.29 is 4.74 Å². The van der Waals surface area contributed by atoms with Gasteiger partial charge in [-0.3, -0.25) is 0 Å². The van der Waals surface area contributed by atoms with Gasteiger partial charge in [-0.05, 0) is 24.8 Å². The summed E-state index contributed by atoms with van der Waals surface area (Å²) in [6.45, 7) is 0. The smallest absolute Gasteiger partial charge is 0.128 e. The first-order chi connectivity index (χ1) is 7.63. The van der Waals surface area contributed by atoms with Gasteiger partial charge in [-0.2, -0.15) is 0 Å². The molecule has 0 spiro atoms. The van der Waals surface area contributed by atoms with Crippen LogP contribution in [0.3, 0.4) is 0 Å². The highest BCUT2D eigenvalue weighted by molar-refractivity contribution is 6.30. The predicted octanol–water partition coefficient (Wildman–Crippen LogP) is 1.74. The number of hydrogen-bond acceptors (Lipinski definition) is 4. The van der Waals surface area contributed by atoms with Crippen LogP contribution in [0.2, 0.25) is 5.02 Å². The lowest BCUT2D eigenvalue weighted by molar-refractivity contribution is 0.0625. The molecule has 0 bridgehead atoms. The molecule has 5 heteroatoms. The molecule has 0 amide bonds. The lowest BCUT2D eigenvalue weighted by Crippen LogP contribution is -2.30. The Bertz CT molecular complexity index is 381. The molecule has 1 aromatic rings. The fourth-order valence-electron chi connectivity index (χ4n) is 1.97. The van der Waals surface area contributed by atoms with E-state index in [0.29, 0.717) is 16.8 Å². The molecule has 2 rings (SSSR count). The van der Waals surface area contributed by atoms with Crippen LogP contribution in [0.15, 0.2) is 12.3 Å². The molecule has 88 valence electrons. The quantitative estimate of drug-likeness (QED) is 0.842. The molecule has 1 fully saturated rings. The third-order valence-electron chi connectivity index (χ3n) is 2.99. The molecular weight excluding hydrogens is 226 g/mol. The molecule has 2 unspecified atom stereocenters. The van der Waals surface area contributed by atoms with Crippen LogP contribution in [0.4, 0.5) is 5.82 Å². The summed E-state index contributed by atoms with van der Waals surface area (Å²) in [4.78, 5) is 4.01. The van der Waals surface area contributed by atoms with Crippen LogP contribution >= 0.6 is 11.6 Å². The molecule has 0 aliphatic heterocycles. The van der Waals surface area contributed by atoms with Gasteiger partial charge in [0, 0.05) is 18.9 Å². The maximum absolute atomic E-state index is 6.16. The van der Waals surface area contributed by atoms with E-state index in [0.717, 1.165) is 5.56 Å². The highest BCUT2D eigenvalue weighted by atomic mass is 35.5. The van der Waals surface area contributed by atoms with Gasteiger partial charge in [-0.1, -0.05) is 11.6 Å². The van der Waals surface area contributed by atoms with Gasteiger partial charge in [0.2, 0.25) is 0 Å². The minimum absolute atomic E-state index is 0.00238. The van der Waals surface area contributed by atoms with Crippen LogP contribution in [-0.2, 0) is 4.74 Å². The maximum Gasteiger partial charge on any atom is 0.128 e. The topological polar surface area (TPSA) is 74.2 Å². The molecule has 1 heterocycles. The van der Waals surface area contributed by atoms with E-state index < -0.39 is 0 Å². The second-order valence-electron chi connectivity index (χ2n) is 4.19. The summed E-state index contributed by atoms with van der Waals surface area (Å²) in [7, 11) is 1.68. The van der Waals surface area contributed by atoms with Gasteiger partial charge < -0.3 is 16.2 Å². The lowest BCUT2D eigenvalue weighted by atomic mass is 9.99. The Morgan fingerprint density at radius 2 is 2.25 bits per heavy atom. The van der Waals surface area contributed by atoms with Crippen molar-refractivity contribution in [3.05, 3.63) is 22.8 Å². The third kappa shape index (κ3) is 2.29. The Hall–Kier alpha value is -0.840. The van der Waals surface area contributed by atoms with Gasteiger partial charge in [0.15, 0.2) is 0 Å². The highest BCUT2D eigenvalue weighted by Gasteiger charge is 2.36. The number of pyridine rings is 1. The lowest BCUT2D eigenvalue weighted by Gasteiger charge is -2.23. The van der Waals surface area contributed by atoms with Crippen molar-refractivity contribution in [1.82, 2.24) is 4.98 Å². The number of halogens is 1. The largest absolute Gasteiger partial charge is 0.383 e. The molecular formula is C11H16ClN3O. The molecule has 1 aliphatic rings. The summed E-state index contributed by atoms with van der Waals surface area (Å²) >= 11 is 5.89. The summed E-state index contributed by atoms with van der Waals surface area (Å²) < 4.78 is 5.43. The Morgan fingerprint density at radius 3 is 2.81 bits per heavy atom. The Labute approximate surface area is 99.9 Å². The van der Waals surface area contributed by atoms with Crippen molar-refractivity contribution in [1.29, 1.82) is 0 Å². The predicted molar refractivity (Wildman–Crippen MR) is 64.1 cm³/mol. The summed E-state index contributed by atoms with van der Waals surface area (Å²) in [6, 6.07) is 1.51. The number of aromatic nitrogens is 1. The van der Waals surface area contributed by atoms with E-state index in [9.17, 15) is 0 Å². The first-order valence-corrected chi connectivity index (χ1v) is 5.70. The number of ether oxygens (including phenoxy) is 1. The number of rotatable bonds is 4. The molecule has 4 N–H and O–H groups in total. The van der Waals surface area contributed by atoms with E-state index in [1.165, 1.54) is 19.0 Å². The molecule has 2 atom stereocenters. The van der Waals surface area contributed by atoms with Gasteiger partial charge in [0.1, 0.15) is 5.82 Å². The second kappa shape index (κ2) is 4.57. The third-order valence-corrected chi connectivity index (χ3v) is 3.19. The van der Waals surface area contributed by atoms with Crippen LogP contribution in [0, 0.1) is 5.92 Å². The van der Waals surface area contributed by atoms with Crippen LogP contribution in [0.25, 0.3) is 0 Å². The normalized spacial score (nSPS) is 19.4. The zero-order valence-electron chi connectivity index (χ0n) is 9.19. The van der Waals surface area contributed by atoms with Gasteiger partial charge in [0.25, 0.3) is 0 Å². The van der Waals surface area contributed by atoms with Crippen molar-refractivity contribution in [2.45, 2.75) is 25.0 Å². The molecule has 4 nitrogen and oxygen atoms in total. The number of methoxy groups -OCH3 is 1. The zero-order chi connectivity index (χ0) is 11.7. The minimum atomic E-state index is -0.260. The van der Waals surface area contributed by atoms with Crippen LogP contribution in [0.5, 0.6) is 0 Å². The van der Waals surface area contributed by atoms with Gasteiger partial charge >= 0.3 is 0 Å². The zero-order valence-corrected chi connectivity index (χ0v) is 9.95. The van der Waals surface area contributed by atoms with Crippen LogP contribution in [0.1, 0.15) is 24.4 Å². The van der Waals surface area contributed by atoms with Crippen molar-refractivity contribution in [2.75, 3.05) is 12.8 Å². The number of hydrogen-bond donors (Lipinski definition) is 2. The first kappa shape index (κ1) is 11.6. The number of nitrogens with zero attached hydrogens (tertiary/aromatic N) is 1. The summed E-state index contributed by atoms with van der Waals surface area (Å²) in [5.74, 6) is 0.970. The number of nitrogens with two attached hydrogens (primary N) is 2. The molecule has 1 aromatic heterocycles. The molecule has 1 aliphatic carbocycles. The van der Waals surface area contributed by atoms with E-state index in [1.807, 2.05) is 0 Å². The maximum atomic E-state index is 6.16. The number of nitrogen functional groups attached to an aromatic ring is 1. The first-order valence-electron chi connectivity index (χ1n) is 5.32.